The molecule has 0 aliphatic heterocycles. The Morgan fingerprint density at radius 1 is 1.33 bits per heavy atom. The molecule has 1 amide bonds. The van der Waals surface area contributed by atoms with E-state index >= 15 is 0 Å². The van der Waals surface area contributed by atoms with Gasteiger partial charge in [-0.15, -0.1) is 0 Å². The van der Waals surface area contributed by atoms with Crippen LogP contribution in [0.3, 0.4) is 0 Å². The van der Waals surface area contributed by atoms with Crippen molar-refractivity contribution in [2.75, 3.05) is 6.54 Å². The molecule has 0 bridgehead atoms. The van der Waals surface area contributed by atoms with Crippen LogP contribution in [0.2, 0.25) is 0 Å². The van der Waals surface area contributed by atoms with E-state index in [2.05, 4.69) is 15.4 Å². The first-order chi connectivity index (χ1) is 11.6. The highest BCUT2D eigenvalue weighted by Crippen LogP contribution is 2.30. The highest BCUT2D eigenvalue weighted by Gasteiger charge is 2.21. The van der Waals surface area contributed by atoms with E-state index in [4.69, 9.17) is 5.11 Å². The lowest BCUT2D eigenvalue weighted by Gasteiger charge is -2.12. The van der Waals surface area contributed by atoms with Crippen molar-refractivity contribution in [2.24, 2.45) is 5.92 Å². The van der Waals surface area contributed by atoms with Gasteiger partial charge in [0.1, 0.15) is 18.6 Å². The first kappa shape index (κ1) is 16.2. The van der Waals surface area contributed by atoms with Crippen LogP contribution in [0.4, 0.5) is 0 Å². The summed E-state index contributed by atoms with van der Waals surface area (Å²) < 4.78 is 1.27. The average molecular weight is 332 g/mol. The molecule has 0 spiro atoms. The second-order valence-electron chi connectivity index (χ2n) is 6.16. The lowest BCUT2D eigenvalue weighted by molar-refractivity contribution is -0.135. The monoisotopic (exact) mass is 332 g/mol. The van der Waals surface area contributed by atoms with E-state index < -0.39 is 18.4 Å². The molecule has 1 saturated carbocycles. The molecule has 3 rings (SSSR count). The molecule has 0 unspecified atom stereocenters. The van der Waals surface area contributed by atoms with E-state index in [0.717, 1.165) is 18.4 Å². The van der Waals surface area contributed by atoms with Crippen LogP contribution in [0.25, 0.3) is 5.65 Å². The number of aromatic nitrogens is 3. The van der Waals surface area contributed by atoms with Gasteiger partial charge in [-0.1, -0.05) is 25.7 Å². The molecule has 2 heterocycles. The Morgan fingerprint density at radius 3 is 2.79 bits per heavy atom. The normalized spacial score (nSPS) is 15.0. The second kappa shape index (κ2) is 6.86. The van der Waals surface area contributed by atoms with Crippen molar-refractivity contribution in [3.8, 4) is 5.75 Å². The van der Waals surface area contributed by atoms with Crippen molar-refractivity contribution in [3.63, 3.8) is 0 Å². The summed E-state index contributed by atoms with van der Waals surface area (Å²) in [5.74, 6) is -1.38. The molecule has 128 valence electrons. The van der Waals surface area contributed by atoms with E-state index in [9.17, 15) is 14.7 Å². The van der Waals surface area contributed by atoms with Gasteiger partial charge in [-0.2, -0.15) is 5.10 Å². The van der Waals surface area contributed by atoms with E-state index in [-0.39, 0.29) is 11.4 Å². The number of aryl methyl sites for hydroxylation is 1. The van der Waals surface area contributed by atoms with Crippen LogP contribution >= 0.6 is 0 Å². The lowest BCUT2D eigenvalue weighted by Crippen LogP contribution is -2.31. The first-order valence-electron chi connectivity index (χ1n) is 8.11. The molecule has 3 N–H and O–H groups in total. The number of carbonyl (C=O) groups excluding carboxylic acids is 1. The van der Waals surface area contributed by atoms with Gasteiger partial charge in [0, 0.05) is 5.56 Å². The average Bonchev–Trinajstić information content (AvgIpc) is 3.21. The van der Waals surface area contributed by atoms with Gasteiger partial charge in [0.05, 0.1) is 0 Å². The number of aliphatic carboxylic acids is 1. The minimum atomic E-state index is -1.16. The SMILES string of the molecule is O=C(O)CNC(=O)c1c(O)cc(CCC2CCCC2)c2ncnn12. The molecule has 1 aliphatic carbocycles. The summed E-state index contributed by atoms with van der Waals surface area (Å²) in [7, 11) is 0. The number of fused-ring (bicyclic) bond motifs is 1. The maximum Gasteiger partial charge on any atom is 0.322 e. The third kappa shape index (κ3) is 3.32. The van der Waals surface area contributed by atoms with Crippen molar-refractivity contribution < 1.29 is 19.8 Å². The van der Waals surface area contributed by atoms with Gasteiger partial charge < -0.3 is 15.5 Å². The van der Waals surface area contributed by atoms with Crippen molar-refractivity contribution >= 4 is 17.5 Å². The molecule has 2 aromatic rings. The summed E-state index contributed by atoms with van der Waals surface area (Å²) in [6.07, 6.45) is 8.14. The zero-order valence-corrected chi connectivity index (χ0v) is 13.2. The van der Waals surface area contributed by atoms with Gasteiger partial charge in [0.25, 0.3) is 5.91 Å². The number of pyridine rings is 1. The second-order valence-corrected chi connectivity index (χ2v) is 6.16. The predicted molar refractivity (Wildman–Crippen MR) is 84.9 cm³/mol. The zero-order chi connectivity index (χ0) is 17.1. The first-order valence-corrected chi connectivity index (χ1v) is 8.11. The maximum absolute atomic E-state index is 12.1. The zero-order valence-electron chi connectivity index (χ0n) is 13.2. The summed E-state index contributed by atoms with van der Waals surface area (Å²) >= 11 is 0. The molecule has 8 nitrogen and oxygen atoms in total. The third-order valence-corrected chi connectivity index (χ3v) is 4.51. The topological polar surface area (TPSA) is 117 Å². The molecular weight excluding hydrogens is 312 g/mol. The molecule has 1 fully saturated rings. The number of hydrogen-bond donors (Lipinski definition) is 3. The number of nitrogens with zero attached hydrogens (tertiary/aromatic N) is 3. The van der Waals surface area contributed by atoms with Crippen LogP contribution < -0.4 is 5.32 Å². The quantitative estimate of drug-likeness (QED) is 0.735. The molecule has 0 aromatic carbocycles. The Labute approximate surface area is 138 Å². The third-order valence-electron chi connectivity index (χ3n) is 4.51. The molecule has 0 atom stereocenters. The Kier molecular flexibility index (Phi) is 4.64. The number of rotatable bonds is 6. The Balaban J connectivity index is 1.85. The number of carboxylic acids is 1. The van der Waals surface area contributed by atoms with Crippen molar-refractivity contribution in [2.45, 2.75) is 38.5 Å². The highest BCUT2D eigenvalue weighted by molar-refractivity contribution is 5.97. The molecule has 0 saturated heterocycles. The van der Waals surface area contributed by atoms with E-state index in [1.807, 2.05) is 0 Å². The Morgan fingerprint density at radius 2 is 2.08 bits per heavy atom. The van der Waals surface area contributed by atoms with Crippen LogP contribution in [-0.4, -0.2) is 43.2 Å². The minimum absolute atomic E-state index is 0.103. The number of aromatic hydroxyl groups is 1. The fourth-order valence-electron chi connectivity index (χ4n) is 3.33. The van der Waals surface area contributed by atoms with E-state index in [1.54, 1.807) is 0 Å². The predicted octanol–water partition coefficient (Wildman–Crippen LogP) is 1.37. The maximum atomic E-state index is 12.1. The largest absolute Gasteiger partial charge is 0.505 e. The van der Waals surface area contributed by atoms with Crippen molar-refractivity contribution in [1.29, 1.82) is 0 Å². The van der Waals surface area contributed by atoms with Crippen LogP contribution in [0, 0.1) is 5.92 Å². The van der Waals surface area contributed by atoms with Crippen molar-refractivity contribution in [1.82, 2.24) is 19.9 Å². The molecule has 2 aromatic heterocycles. The molecule has 0 radical (unpaired) electrons. The van der Waals surface area contributed by atoms with E-state index in [0.29, 0.717) is 11.6 Å². The van der Waals surface area contributed by atoms with Gasteiger partial charge >= 0.3 is 5.97 Å². The Bertz CT molecular complexity index is 765. The fraction of sp³-hybridized carbons (Fsp3) is 0.500. The van der Waals surface area contributed by atoms with Crippen LogP contribution in [0.1, 0.15) is 48.2 Å². The number of carboxylic acid groups (broad SMARTS) is 1. The van der Waals surface area contributed by atoms with Crippen LogP contribution in [0.5, 0.6) is 5.75 Å². The van der Waals surface area contributed by atoms with E-state index in [1.165, 1.54) is 42.6 Å². The summed E-state index contributed by atoms with van der Waals surface area (Å²) in [6, 6.07) is 1.54. The highest BCUT2D eigenvalue weighted by atomic mass is 16.4. The lowest BCUT2D eigenvalue weighted by atomic mass is 9.98. The molecule has 8 heteroatoms. The summed E-state index contributed by atoms with van der Waals surface area (Å²) in [5.41, 5.74) is 1.26. The standard InChI is InChI=1S/C16H20N4O4/c21-12-7-11(6-5-10-3-1-2-4-10)15-18-9-19-20(15)14(12)16(24)17-8-13(22)23/h7,9-10,21H,1-6,8H2,(H,17,24)(H,22,23). The fourth-order valence-corrected chi connectivity index (χ4v) is 3.33. The van der Waals surface area contributed by atoms with Gasteiger partial charge in [-0.05, 0) is 24.8 Å². The minimum Gasteiger partial charge on any atom is -0.505 e. The van der Waals surface area contributed by atoms with Crippen LogP contribution in [-0.2, 0) is 11.2 Å². The van der Waals surface area contributed by atoms with Crippen LogP contribution in [0.15, 0.2) is 12.4 Å². The molecule has 24 heavy (non-hydrogen) atoms. The van der Waals surface area contributed by atoms with Crippen molar-refractivity contribution in [3.05, 3.63) is 23.7 Å². The van der Waals surface area contributed by atoms with Gasteiger partial charge in [0.2, 0.25) is 0 Å². The molecule has 1 aliphatic rings. The van der Waals surface area contributed by atoms with Gasteiger partial charge in [0.15, 0.2) is 11.3 Å². The number of nitrogens with one attached hydrogen (secondary N) is 1. The number of hydrogen-bond acceptors (Lipinski definition) is 5. The molecular formula is C16H20N4O4. The Hall–Kier alpha value is -2.64. The smallest absolute Gasteiger partial charge is 0.322 e. The summed E-state index contributed by atoms with van der Waals surface area (Å²) in [5, 5.41) is 25.1. The van der Waals surface area contributed by atoms with Gasteiger partial charge in [-0.25, -0.2) is 9.50 Å². The summed E-state index contributed by atoms with van der Waals surface area (Å²) in [4.78, 5) is 26.9. The van der Waals surface area contributed by atoms with Gasteiger partial charge in [-0.3, -0.25) is 9.59 Å². The number of carbonyl (C=O) groups is 2. The summed E-state index contributed by atoms with van der Waals surface area (Å²) in [6.45, 7) is -0.530. The number of amides is 1.